The highest BCUT2D eigenvalue weighted by Crippen LogP contribution is 2.41. The number of carboxylic acid groups (broad SMARTS) is 1. The Morgan fingerprint density at radius 2 is 2.06 bits per heavy atom. The van der Waals surface area contributed by atoms with Gasteiger partial charge >= 0.3 is 5.97 Å². The standard InChI is InChI=1S/C13H15NO3/c1-13(2)9-6-8(7-11(15)16)4-5-10(9)14(3)12(13)17/h4-6H,7H2,1-3H3,(H,15,16). The molecule has 1 N–H and O–H groups in total. The number of hydrogen-bond donors (Lipinski definition) is 1. The lowest BCUT2D eigenvalue weighted by Gasteiger charge is -2.16. The Hall–Kier alpha value is -1.84. The fourth-order valence-corrected chi connectivity index (χ4v) is 2.30. The molecule has 1 amide bonds. The lowest BCUT2D eigenvalue weighted by atomic mass is 9.85. The molecule has 0 unspecified atom stereocenters. The van der Waals surface area contributed by atoms with Gasteiger partial charge in [0, 0.05) is 12.7 Å². The highest BCUT2D eigenvalue weighted by atomic mass is 16.4. The predicted octanol–water partition coefficient (Wildman–Crippen LogP) is 1.57. The lowest BCUT2D eigenvalue weighted by Crippen LogP contribution is -2.33. The first-order valence-electron chi connectivity index (χ1n) is 5.47. The largest absolute Gasteiger partial charge is 0.481 e. The maximum Gasteiger partial charge on any atom is 0.307 e. The van der Waals surface area contributed by atoms with Crippen LogP contribution in [0.5, 0.6) is 0 Å². The first-order chi connectivity index (χ1) is 7.84. The van der Waals surface area contributed by atoms with Crippen molar-refractivity contribution in [3.05, 3.63) is 29.3 Å². The zero-order chi connectivity index (χ0) is 12.8. The summed E-state index contributed by atoms with van der Waals surface area (Å²) in [5.74, 6) is -0.819. The van der Waals surface area contributed by atoms with Crippen LogP contribution < -0.4 is 4.90 Å². The van der Waals surface area contributed by atoms with Gasteiger partial charge in [0.05, 0.1) is 11.8 Å². The topological polar surface area (TPSA) is 57.6 Å². The van der Waals surface area contributed by atoms with E-state index in [1.54, 1.807) is 18.0 Å². The molecule has 0 fully saturated rings. The lowest BCUT2D eigenvalue weighted by molar-refractivity contribution is -0.136. The normalized spacial score (nSPS) is 17.1. The number of fused-ring (bicyclic) bond motifs is 1. The molecule has 2 rings (SSSR count). The minimum atomic E-state index is -0.861. The zero-order valence-electron chi connectivity index (χ0n) is 10.2. The van der Waals surface area contributed by atoms with E-state index >= 15 is 0 Å². The number of aliphatic carboxylic acids is 1. The number of hydrogen-bond acceptors (Lipinski definition) is 2. The summed E-state index contributed by atoms with van der Waals surface area (Å²) in [6.07, 6.45) is -0.0126. The van der Waals surface area contributed by atoms with Gasteiger partial charge in [-0.05, 0) is 31.0 Å². The molecule has 0 aromatic heterocycles. The number of carbonyl (C=O) groups excluding carboxylic acids is 1. The second-order valence-corrected chi connectivity index (χ2v) is 4.91. The molecule has 0 bridgehead atoms. The monoisotopic (exact) mass is 233 g/mol. The van der Waals surface area contributed by atoms with Crippen molar-refractivity contribution in [1.82, 2.24) is 0 Å². The quantitative estimate of drug-likeness (QED) is 0.843. The first kappa shape index (κ1) is 11.6. The van der Waals surface area contributed by atoms with E-state index in [9.17, 15) is 9.59 Å². The molecule has 4 nitrogen and oxygen atoms in total. The van der Waals surface area contributed by atoms with Crippen molar-refractivity contribution in [1.29, 1.82) is 0 Å². The van der Waals surface area contributed by atoms with Gasteiger partial charge in [0.2, 0.25) is 5.91 Å². The number of amides is 1. The summed E-state index contributed by atoms with van der Waals surface area (Å²) in [6.45, 7) is 3.73. The summed E-state index contributed by atoms with van der Waals surface area (Å²) < 4.78 is 0. The molecule has 1 aromatic rings. The molecule has 90 valence electrons. The molecule has 0 aliphatic carbocycles. The molecule has 4 heteroatoms. The van der Waals surface area contributed by atoms with Crippen LogP contribution in [0.25, 0.3) is 0 Å². The number of carboxylic acids is 1. The van der Waals surface area contributed by atoms with E-state index in [1.807, 2.05) is 26.0 Å². The minimum absolute atomic E-state index is 0.0126. The molecule has 1 heterocycles. The third kappa shape index (κ3) is 1.69. The summed E-state index contributed by atoms with van der Waals surface area (Å²) in [5.41, 5.74) is 1.93. The van der Waals surface area contributed by atoms with E-state index < -0.39 is 11.4 Å². The van der Waals surface area contributed by atoms with Crippen molar-refractivity contribution < 1.29 is 14.7 Å². The van der Waals surface area contributed by atoms with E-state index in [1.165, 1.54) is 0 Å². The molecule has 1 aliphatic heterocycles. The van der Waals surface area contributed by atoms with Gasteiger partial charge < -0.3 is 10.0 Å². The number of benzene rings is 1. The average Bonchev–Trinajstić information content (AvgIpc) is 2.40. The second kappa shape index (κ2) is 3.58. The van der Waals surface area contributed by atoms with E-state index in [0.29, 0.717) is 0 Å². The van der Waals surface area contributed by atoms with E-state index in [2.05, 4.69) is 0 Å². The Bertz CT molecular complexity index is 505. The highest BCUT2D eigenvalue weighted by Gasteiger charge is 2.42. The molecular weight excluding hydrogens is 218 g/mol. The van der Waals surface area contributed by atoms with Gasteiger partial charge in [-0.2, -0.15) is 0 Å². The van der Waals surface area contributed by atoms with Gasteiger partial charge in [0.15, 0.2) is 0 Å². The molecular formula is C13H15NO3. The zero-order valence-corrected chi connectivity index (χ0v) is 10.2. The fourth-order valence-electron chi connectivity index (χ4n) is 2.30. The van der Waals surface area contributed by atoms with Crippen LogP contribution >= 0.6 is 0 Å². The molecule has 0 spiro atoms. The molecule has 0 saturated carbocycles. The van der Waals surface area contributed by atoms with Crippen LogP contribution in [0, 0.1) is 0 Å². The van der Waals surface area contributed by atoms with E-state index in [4.69, 9.17) is 5.11 Å². The van der Waals surface area contributed by atoms with Crippen molar-refractivity contribution in [3.63, 3.8) is 0 Å². The van der Waals surface area contributed by atoms with Crippen LogP contribution in [0.1, 0.15) is 25.0 Å². The highest BCUT2D eigenvalue weighted by molar-refractivity contribution is 6.07. The van der Waals surface area contributed by atoms with Gasteiger partial charge in [0.1, 0.15) is 0 Å². The predicted molar refractivity (Wildman–Crippen MR) is 64.2 cm³/mol. The maximum atomic E-state index is 12.0. The van der Waals surface area contributed by atoms with Crippen molar-refractivity contribution in [2.45, 2.75) is 25.7 Å². The first-order valence-corrected chi connectivity index (χ1v) is 5.47. The summed E-state index contributed by atoms with van der Waals surface area (Å²) >= 11 is 0. The molecule has 17 heavy (non-hydrogen) atoms. The SMILES string of the molecule is CN1C(=O)C(C)(C)c2cc(CC(=O)O)ccc21. The Morgan fingerprint density at radius 1 is 1.41 bits per heavy atom. The van der Waals surface area contributed by atoms with E-state index in [0.717, 1.165) is 16.8 Å². The average molecular weight is 233 g/mol. The summed E-state index contributed by atoms with van der Waals surface area (Å²) in [7, 11) is 1.74. The van der Waals surface area contributed by atoms with Gasteiger partial charge in [-0.3, -0.25) is 9.59 Å². The van der Waals surface area contributed by atoms with Gasteiger partial charge in [-0.15, -0.1) is 0 Å². The van der Waals surface area contributed by atoms with Crippen molar-refractivity contribution in [2.24, 2.45) is 0 Å². The van der Waals surface area contributed by atoms with Crippen LogP contribution in [0.2, 0.25) is 0 Å². The third-order valence-electron chi connectivity index (χ3n) is 3.29. The summed E-state index contributed by atoms with van der Waals surface area (Å²) in [5, 5.41) is 8.77. The third-order valence-corrected chi connectivity index (χ3v) is 3.29. The van der Waals surface area contributed by atoms with Crippen LogP contribution in [-0.2, 0) is 21.4 Å². The number of nitrogens with zero attached hydrogens (tertiary/aromatic N) is 1. The fraction of sp³-hybridized carbons (Fsp3) is 0.385. The number of carbonyl (C=O) groups is 2. The summed E-state index contributed by atoms with van der Waals surface area (Å²) in [6, 6.07) is 5.41. The second-order valence-electron chi connectivity index (χ2n) is 4.91. The Morgan fingerprint density at radius 3 is 2.65 bits per heavy atom. The van der Waals surface area contributed by atoms with Gasteiger partial charge in [0.25, 0.3) is 0 Å². The van der Waals surface area contributed by atoms with Crippen molar-refractivity contribution >= 4 is 17.6 Å². The maximum absolute atomic E-state index is 12.0. The number of rotatable bonds is 2. The van der Waals surface area contributed by atoms with Crippen LogP contribution in [0.4, 0.5) is 5.69 Å². The van der Waals surface area contributed by atoms with E-state index in [-0.39, 0.29) is 12.3 Å². The van der Waals surface area contributed by atoms with Gasteiger partial charge in [-0.1, -0.05) is 12.1 Å². The molecule has 0 radical (unpaired) electrons. The molecule has 0 atom stereocenters. The number of anilines is 1. The molecule has 1 aromatic carbocycles. The Labute approximate surface area is 99.9 Å². The van der Waals surface area contributed by atoms with Crippen molar-refractivity contribution in [3.8, 4) is 0 Å². The van der Waals surface area contributed by atoms with Crippen LogP contribution in [0.3, 0.4) is 0 Å². The van der Waals surface area contributed by atoms with Crippen LogP contribution in [0.15, 0.2) is 18.2 Å². The molecule has 1 aliphatic rings. The summed E-state index contributed by atoms with van der Waals surface area (Å²) in [4.78, 5) is 24.3. The Kier molecular flexibility index (Phi) is 2.45. The van der Waals surface area contributed by atoms with Crippen molar-refractivity contribution in [2.75, 3.05) is 11.9 Å². The van der Waals surface area contributed by atoms with Crippen LogP contribution in [-0.4, -0.2) is 24.0 Å². The smallest absolute Gasteiger partial charge is 0.307 e. The number of likely N-dealkylation sites (N-methyl/N-ethyl adjacent to an activating group) is 1. The van der Waals surface area contributed by atoms with Gasteiger partial charge in [-0.25, -0.2) is 0 Å². The Balaban J connectivity index is 2.50. The minimum Gasteiger partial charge on any atom is -0.481 e. The molecule has 0 saturated heterocycles.